The highest BCUT2D eigenvalue weighted by atomic mass is 16.6. The normalized spacial score (nSPS) is 60.9. The molecule has 0 aromatic rings. The van der Waals surface area contributed by atoms with Gasteiger partial charge in [-0.3, -0.25) is 4.79 Å². The second-order valence-corrected chi connectivity index (χ2v) is 7.33. The molecule has 1 aliphatic carbocycles. The minimum Gasteiger partial charge on any atom is -0.462 e. The van der Waals surface area contributed by atoms with E-state index in [2.05, 4.69) is 0 Å². The third-order valence-electron chi connectivity index (χ3n) is 5.96. The number of aliphatic hydroxyl groups is 1. The molecule has 0 aromatic carbocycles. The first kappa shape index (κ1) is 13.0. The largest absolute Gasteiger partial charge is 0.462 e. The first-order chi connectivity index (χ1) is 9.33. The van der Waals surface area contributed by atoms with E-state index >= 15 is 0 Å². The first-order valence-corrected chi connectivity index (χ1v) is 7.58. The summed E-state index contributed by atoms with van der Waals surface area (Å²) in [5.74, 6) is -0.0323. The Morgan fingerprint density at radius 3 is 2.70 bits per heavy atom. The number of esters is 1. The zero-order chi connectivity index (χ0) is 14.3. The van der Waals surface area contributed by atoms with Gasteiger partial charge in [0.25, 0.3) is 0 Å². The molecule has 8 atom stereocenters. The van der Waals surface area contributed by atoms with Crippen molar-refractivity contribution in [1.82, 2.24) is 0 Å². The minimum atomic E-state index is -0.496. The van der Waals surface area contributed by atoms with Crippen LogP contribution in [0.1, 0.15) is 40.0 Å². The van der Waals surface area contributed by atoms with E-state index in [1.54, 1.807) is 0 Å². The molecule has 4 fully saturated rings. The molecule has 5 heteroatoms. The number of rotatable bonds is 0. The molecular formula is C15H22O5. The quantitative estimate of drug-likeness (QED) is 0.530. The molecule has 1 N–H and O–H groups in total. The van der Waals surface area contributed by atoms with Crippen molar-refractivity contribution in [3.63, 3.8) is 0 Å². The molecule has 5 nitrogen and oxygen atoms in total. The zero-order valence-corrected chi connectivity index (χ0v) is 12.2. The van der Waals surface area contributed by atoms with Crippen LogP contribution in [0, 0.1) is 11.8 Å². The van der Waals surface area contributed by atoms with E-state index in [1.807, 2.05) is 20.8 Å². The Labute approximate surface area is 118 Å². The van der Waals surface area contributed by atoms with Crippen molar-refractivity contribution >= 4 is 5.97 Å². The highest BCUT2D eigenvalue weighted by Crippen LogP contribution is 2.54. The highest BCUT2D eigenvalue weighted by molar-refractivity contribution is 5.74. The van der Waals surface area contributed by atoms with E-state index in [-0.39, 0.29) is 41.7 Å². The summed E-state index contributed by atoms with van der Waals surface area (Å²) in [5.41, 5.74) is -0.730. The van der Waals surface area contributed by atoms with Crippen LogP contribution in [0.3, 0.4) is 0 Å². The Morgan fingerprint density at radius 2 is 1.95 bits per heavy atom. The summed E-state index contributed by atoms with van der Waals surface area (Å²) in [6.07, 6.45) is 1.63. The molecule has 3 heterocycles. The molecule has 0 spiro atoms. The van der Waals surface area contributed by atoms with Gasteiger partial charge in [-0.1, -0.05) is 6.92 Å². The number of hydrogen-bond donors (Lipinski definition) is 1. The van der Waals surface area contributed by atoms with Crippen molar-refractivity contribution in [1.29, 1.82) is 0 Å². The van der Waals surface area contributed by atoms with Gasteiger partial charge in [-0.25, -0.2) is 0 Å². The molecule has 4 aliphatic rings. The lowest BCUT2D eigenvalue weighted by molar-refractivity contribution is -0.144. The molecular weight excluding hydrogens is 260 g/mol. The van der Waals surface area contributed by atoms with Crippen molar-refractivity contribution in [3.8, 4) is 0 Å². The van der Waals surface area contributed by atoms with E-state index < -0.39 is 11.7 Å². The van der Waals surface area contributed by atoms with Crippen LogP contribution in [-0.4, -0.2) is 46.7 Å². The van der Waals surface area contributed by atoms with Crippen LogP contribution < -0.4 is 0 Å². The maximum Gasteiger partial charge on any atom is 0.309 e. The molecule has 3 saturated heterocycles. The van der Waals surface area contributed by atoms with Gasteiger partial charge in [-0.15, -0.1) is 0 Å². The van der Waals surface area contributed by atoms with Gasteiger partial charge in [-0.2, -0.15) is 0 Å². The summed E-state index contributed by atoms with van der Waals surface area (Å²) < 4.78 is 17.1. The van der Waals surface area contributed by atoms with Crippen LogP contribution in [0.15, 0.2) is 0 Å². The summed E-state index contributed by atoms with van der Waals surface area (Å²) >= 11 is 0. The van der Waals surface area contributed by atoms with Crippen molar-refractivity contribution in [2.24, 2.45) is 11.8 Å². The second-order valence-electron chi connectivity index (χ2n) is 7.33. The molecule has 112 valence electrons. The number of aliphatic hydroxyl groups excluding tert-OH is 1. The summed E-state index contributed by atoms with van der Waals surface area (Å²) in [6, 6.07) is 0. The molecule has 8 unspecified atom stereocenters. The second kappa shape index (κ2) is 3.76. The van der Waals surface area contributed by atoms with Crippen LogP contribution in [0.4, 0.5) is 0 Å². The van der Waals surface area contributed by atoms with Gasteiger partial charge in [-0.05, 0) is 20.3 Å². The highest BCUT2D eigenvalue weighted by Gasteiger charge is 2.65. The predicted octanol–water partition coefficient (Wildman–Crippen LogP) is 1.02. The fourth-order valence-electron chi connectivity index (χ4n) is 4.09. The van der Waals surface area contributed by atoms with Gasteiger partial charge in [0.15, 0.2) is 0 Å². The van der Waals surface area contributed by atoms with Crippen molar-refractivity contribution < 1.29 is 24.1 Å². The zero-order valence-electron chi connectivity index (χ0n) is 12.2. The van der Waals surface area contributed by atoms with Gasteiger partial charge in [0.2, 0.25) is 0 Å². The molecule has 4 rings (SSSR count). The Hall–Kier alpha value is -0.650. The van der Waals surface area contributed by atoms with Gasteiger partial charge in [0.05, 0.1) is 29.8 Å². The molecule has 0 radical (unpaired) electrons. The smallest absolute Gasteiger partial charge is 0.309 e. The van der Waals surface area contributed by atoms with Crippen molar-refractivity contribution in [3.05, 3.63) is 0 Å². The maximum absolute atomic E-state index is 11.9. The van der Waals surface area contributed by atoms with Gasteiger partial charge < -0.3 is 19.3 Å². The topological polar surface area (TPSA) is 71.6 Å². The third kappa shape index (κ3) is 1.69. The van der Waals surface area contributed by atoms with Gasteiger partial charge in [0.1, 0.15) is 11.7 Å². The van der Waals surface area contributed by atoms with E-state index in [9.17, 15) is 9.90 Å². The fourth-order valence-corrected chi connectivity index (χ4v) is 4.09. The van der Waals surface area contributed by atoms with E-state index in [4.69, 9.17) is 14.2 Å². The first-order valence-electron chi connectivity index (χ1n) is 7.58. The van der Waals surface area contributed by atoms with Crippen molar-refractivity contribution in [2.45, 2.75) is 75.7 Å². The Bertz CT molecular complexity index is 465. The number of hydrogen-bond acceptors (Lipinski definition) is 5. The lowest BCUT2D eigenvalue weighted by Crippen LogP contribution is -2.36. The Kier molecular flexibility index (Phi) is 2.45. The Balaban J connectivity index is 1.62. The molecule has 3 aliphatic heterocycles. The average Bonchev–Trinajstić information content (AvgIpc) is 3.18. The molecule has 20 heavy (non-hydrogen) atoms. The number of epoxide rings is 2. The molecule has 0 amide bonds. The molecule has 0 bridgehead atoms. The summed E-state index contributed by atoms with van der Waals surface area (Å²) in [7, 11) is 0. The minimum absolute atomic E-state index is 0.0325. The molecule has 0 aromatic heterocycles. The van der Waals surface area contributed by atoms with E-state index in [0.717, 1.165) is 12.8 Å². The number of fused-ring (bicyclic) bond motifs is 3. The average molecular weight is 282 g/mol. The third-order valence-corrected chi connectivity index (χ3v) is 5.96. The van der Waals surface area contributed by atoms with Crippen LogP contribution in [0.2, 0.25) is 0 Å². The lowest BCUT2D eigenvalue weighted by Gasteiger charge is -2.23. The van der Waals surface area contributed by atoms with Gasteiger partial charge >= 0.3 is 5.97 Å². The standard InChI is InChI=1S/C15H22O5/c1-7-8-4-12-15(3,20-12)10(16)5-11-14(2,19-11)6-9(8)18-13(7)17/h7-12,16H,4-6H2,1-3H3. The lowest BCUT2D eigenvalue weighted by atomic mass is 9.79. The SMILES string of the molecule is CC1C(=O)OC2CC3(C)OC3CC(O)C3(C)OC3CC21. The fraction of sp³-hybridized carbons (Fsp3) is 0.933. The summed E-state index contributed by atoms with van der Waals surface area (Å²) in [4.78, 5) is 11.9. The van der Waals surface area contributed by atoms with Crippen LogP contribution >= 0.6 is 0 Å². The van der Waals surface area contributed by atoms with Gasteiger partial charge in [0, 0.05) is 18.8 Å². The predicted molar refractivity (Wildman–Crippen MR) is 68.9 cm³/mol. The summed E-state index contributed by atoms with van der Waals surface area (Å²) in [6.45, 7) is 5.94. The molecule has 1 saturated carbocycles. The Morgan fingerprint density at radius 1 is 1.20 bits per heavy atom. The van der Waals surface area contributed by atoms with Crippen LogP contribution in [-0.2, 0) is 19.0 Å². The monoisotopic (exact) mass is 282 g/mol. The van der Waals surface area contributed by atoms with Crippen molar-refractivity contribution in [2.75, 3.05) is 0 Å². The number of carbonyl (C=O) groups excluding carboxylic acids is 1. The van der Waals surface area contributed by atoms with E-state index in [1.165, 1.54) is 0 Å². The number of ether oxygens (including phenoxy) is 3. The van der Waals surface area contributed by atoms with E-state index in [0.29, 0.717) is 6.42 Å². The number of carbonyl (C=O) groups is 1. The van der Waals surface area contributed by atoms with Crippen LogP contribution in [0.25, 0.3) is 0 Å². The van der Waals surface area contributed by atoms with Crippen LogP contribution in [0.5, 0.6) is 0 Å². The maximum atomic E-state index is 11.9. The summed E-state index contributed by atoms with van der Waals surface area (Å²) in [5, 5.41) is 10.4.